The molecule has 2 fully saturated rings. The van der Waals surface area contributed by atoms with Crippen LogP contribution in [0.5, 0.6) is 5.75 Å². The maximum Gasteiger partial charge on any atom is 0.573 e. The Morgan fingerprint density at radius 3 is 2.00 bits per heavy atom. The average Bonchev–Trinajstić information content (AvgIpc) is 2.68. The highest BCUT2D eigenvalue weighted by molar-refractivity contribution is 5.50. The van der Waals surface area contributed by atoms with E-state index in [9.17, 15) is 13.2 Å². The summed E-state index contributed by atoms with van der Waals surface area (Å²) in [6, 6.07) is 6.10. The monoisotopic (exact) mass is 394 g/mol. The van der Waals surface area contributed by atoms with Crippen LogP contribution in [-0.4, -0.2) is 6.36 Å². The fraction of sp³-hybridized carbons (Fsp3) is 0.667. The summed E-state index contributed by atoms with van der Waals surface area (Å²) in [6.45, 7) is 2.30. The molecule has 1 nitrogen and oxygen atoms in total. The van der Waals surface area contributed by atoms with Crippen LogP contribution < -0.4 is 4.74 Å². The molecular weight excluding hydrogens is 361 g/mol. The third-order valence-corrected chi connectivity index (χ3v) is 6.75. The molecule has 4 heteroatoms. The zero-order valence-electron chi connectivity index (χ0n) is 16.9. The molecule has 28 heavy (non-hydrogen) atoms. The predicted molar refractivity (Wildman–Crippen MR) is 108 cm³/mol. The Morgan fingerprint density at radius 2 is 1.46 bits per heavy atom. The lowest BCUT2D eigenvalue weighted by Crippen LogP contribution is -2.25. The predicted octanol–water partition coefficient (Wildman–Crippen LogP) is 8.01. The Kier molecular flexibility index (Phi) is 7.48. The van der Waals surface area contributed by atoms with Crippen LogP contribution >= 0.6 is 0 Å². The van der Waals surface area contributed by atoms with Crippen molar-refractivity contribution in [1.82, 2.24) is 0 Å². The number of ether oxygens (including phenoxy) is 1. The third-order valence-electron chi connectivity index (χ3n) is 6.75. The zero-order chi connectivity index (χ0) is 20.0. The van der Waals surface area contributed by atoms with Crippen LogP contribution in [0.3, 0.4) is 0 Å². The van der Waals surface area contributed by atoms with Crippen molar-refractivity contribution in [2.24, 2.45) is 23.7 Å². The molecule has 0 N–H and O–H groups in total. The molecule has 3 rings (SSSR count). The normalized spacial score (nSPS) is 29.1. The highest BCUT2D eigenvalue weighted by Crippen LogP contribution is 2.42. The molecule has 0 amide bonds. The number of rotatable bonds is 6. The molecule has 1 aromatic carbocycles. The van der Waals surface area contributed by atoms with Gasteiger partial charge < -0.3 is 4.74 Å². The molecule has 0 saturated heterocycles. The molecule has 0 spiro atoms. The van der Waals surface area contributed by atoms with Gasteiger partial charge in [0.1, 0.15) is 5.75 Å². The van der Waals surface area contributed by atoms with Gasteiger partial charge in [-0.1, -0.05) is 56.9 Å². The van der Waals surface area contributed by atoms with Gasteiger partial charge in [0, 0.05) is 0 Å². The molecule has 0 atom stereocenters. The first-order chi connectivity index (χ1) is 13.4. The standard InChI is InChI=1S/C24H33F3O/c1-2-3-18-6-12-21(13-7-18)22-14-8-19(9-15-22)4-5-20-10-16-23(17-11-20)28-24(25,26)27/h4-5,10-11,16-19,21-22H,2-3,6-9,12-15H2,1H3/b5-4+/t18-,19?,21-,22?. The molecule has 2 saturated carbocycles. The van der Waals surface area contributed by atoms with Crippen molar-refractivity contribution in [2.75, 3.05) is 0 Å². The summed E-state index contributed by atoms with van der Waals surface area (Å²) in [4.78, 5) is 0. The van der Waals surface area contributed by atoms with E-state index < -0.39 is 6.36 Å². The minimum absolute atomic E-state index is 0.168. The first-order valence-electron chi connectivity index (χ1n) is 11.0. The van der Waals surface area contributed by atoms with Gasteiger partial charge >= 0.3 is 6.36 Å². The van der Waals surface area contributed by atoms with Crippen molar-refractivity contribution < 1.29 is 17.9 Å². The lowest BCUT2D eigenvalue weighted by molar-refractivity contribution is -0.274. The average molecular weight is 395 g/mol. The first-order valence-corrected chi connectivity index (χ1v) is 11.0. The van der Waals surface area contributed by atoms with Crippen LogP contribution in [0.1, 0.15) is 76.7 Å². The van der Waals surface area contributed by atoms with Gasteiger partial charge in [-0.25, -0.2) is 0 Å². The summed E-state index contributed by atoms with van der Waals surface area (Å²) in [5.74, 6) is 3.26. The highest BCUT2D eigenvalue weighted by atomic mass is 19.4. The van der Waals surface area contributed by atoms with E-state index in [1.54, 1.807) is 12.1 Å². The van der Waals surface area contributed by atoms with Gasteiger partial charge in [0.15, 0.2) is 0 Å². The first kappa shape index (κ1) is 21.3. The minimum Gasteiger partial charge on any atom is -0.406 e. The van der Waals surface area contributed by atoms with Crippen LogP contribution in [0.15, 0.2) is 30.3 Å². The molecule has 0 bridgehead atoms. The second-order valence-corrected chi connectivity index (χ2v) is 8.72. The zero-order valence-corrected chi connectivity index (χ0v) is 16.9. The Bertz CT molecular complexity index is 604. The molecule has 156 valence electrons. The molecule has 0 unspecified atom stereocenters. The molecule has 2 aliphatic carbocycles. The van der Waals surface area contributed by atoms with E-state index in [0.717, 1.165) is 23.3 Å². The molecule has 0 heterocycles. The Balaban J connectivity index is 1.42. The van der Waals surface area contributed by atoms with Crippen LogP contribution in [0, 0.1) is 23.7 Å². The van der Waals surface area contributed by atoms with Crippen LogP contribution in [0.4, 0.5) is 13.2 Å². The van der Waals surface area contributed by atoms with Gasteiger partial charge in [-0.15, -0.1) is 13.2 Å². The van der Waals surface area contributed by atoms with E-state index in [-0.39, 0.29) is 5.75 Å². The number of benzene rings is 1. The van der Waals surface area contributed by atoms with Gasteiger partial charge in [-0.3, -0.25) is 0 Å². The van der Waals surface area contributed by atoms with E-state index in [4.69, 9.17) is 0 Å². The van der Waals surface area contributed by atoms with Gasteiger partial charge in [-0.2, -0.15) is 0 Å². The summed E-state index contributed by atoms with van der Waals surface area (Å²) in [5.41, 5.74) is 0.922. The number of halogens is 3. The van der Waals surface area contributed by atoms with E-state index in [2.05, 4.69) is 17.7 Å². The molecule has 0 aliphatic heterocycles. The number of alkyl halides is 3. The van der Waals surface area contributed by atoms with E-state index in [0.29, 0.717) is 5.92 Å². The van der Waals surface area contributed by atoms with E-state index >= 15 is 0 Å². The minimum atomic E-state index is -4.63. The summed E-state index contributed by atoms with van der Waals surface area (Å²) < 4.78 is 40.6. The smallest absolute Gasteiger partial charge is 0.406 e. The van der Waals surface area contributed by atoms with E-state index in [1.165, 1.54) is 76.3 Å². The van der Waals surface area contributed by atoms with Crippen molar-refractivity contribution in [3.63, 3.8) is 0 Å². The highest BCUT2D eigenvalue weighted by Gasteiger charge is 2.31. The number of hydrogen-bond acceptors (Lipinski definition) is 1. The van der Waals surface area contributed by atoms with Crippen molar-refractivity contribution in [3.8, 4) is 5.75 Å². The molecule has 0 radical (unpaired) electrons. The summed E-state index contributed by atoms with van der Waals surface area (Å²) in [6.07, 6.45) is 13.3. The molecule has 2 aliphatic rings. The topological polar surface area (TPSA) is 9.23 Å². The van der Waals surface area contributed by atoms with Gasteiger partial charge in [0.25, 0.3) is 0 Å². The second kappa shape index (κ2) is 9.84. The maximum absolute atomic E-state index is 12.2. The number of hydrogen-bond donors (Lipinski definition) is 0. The van der Waals surface area contributed by atoms with Gasteiger partial charge in [0.2, 0.25) is 0 Å². The van der Waals surface area contributed by atoms with Crippen molar-refractivity contribution in [1.29, 1.82) is 0 Å². The summed E-state index contributed by atoms with van der Waals surface area (Å²) >= 11 is 0. The van der Waals surface area contributed by atoms with Crippen molar-refractivity contribution in [2.45, 2.75) is 77.5 Å². The third kappa shape index (κ3) is 6.56. The SMILES string of the molecule is CCC[C@H]1CC[C@H](C2CCC(/C=C/c3ccc(OC(F)(F)F)cc3)CC2)CC1. The second-order valence-electron chi connectivity index (χ2n) is 8.72. The Morgan fingerprint density at radius 1 is 0.893 bits per heavy atom. The molecule has 1 aromatic rings. The van der Waals surface area contributed by atoms with Crippen LogP contribution in [0.2, 0.25) is 0 Å². The fourth-order valence-corrected chi connectivity index (χ4v) is 5.19. The van der Waals surface area contributed by atoms with Crippen molar-refractivity contribution in [3.05, 3.63) is 35.9 Å². The fourth-order valence-electron chi connectivity index (χ4n) is 5.19. The lowest BCUT2D eigenvalue weighted by Gasteiger charge is -2.37. The van der Waals surface area contributed by atoms with Crippen molar-refractivity contribution >= 4 is 6.08 Å². The van der Waals surface area contributed by atoms with Gasteiger partial charge in [0.05, 0.1) is 0 Å². The van der Waals surface area contributed by atoms with Gasteiger partial charge in [-0.05, 0) is 79.9 Å². The Hall–Kier alpha value is -1.45. The Labute approximate surface area is 167 Å². The number of allylic oxidation sites excluding steroid dienone is 1. The largest absolute Gasteiger partial charge is 0.573 e. The van der Waals surface area contributed by atoms with Crippen LogP contribution in [0.25, 0.3) is 6.08 Å². The van der Waals surface area contributed by atoms with Crippen LogP contribution in [-0.2, 0) is 0 Å². The summed E-state index contributed by atoms with van der Waals surface area (Å²) in [5, 5.41) is 0. The summed E-state index contributed by atoms with van der Waals surface area (Å²) in [7, 11) is 0. The molecule has 0 aromatic heterocycles. The quantitative estimate of drug-likeness (QED) is 0.475. The van der Waals surface area contributed by atoms with E-state index in [1.807, 2.05) is 6.08 Å². The molecular formula is C24H33F3O. The maximum atomic E-state index is 12.2. The lowest BCUT2D eigenvalue weighted by atomic mass is 9.68.